The largest absolute Gasteiger partial charge is 0.420 e. The highest BCUT2D eigenvalue weighted by Crippen LogP contribution is 2.49. The van der Waals surface area contributed by atoms with E-state index in [1.807, 2.05) is 61.7 Å². The summed E-state index contributed by atoms with van der Waals surface area (Å²) >= 11 is 6.30. The van der Waals surface area contributed by atoms with Gasteiger partial charge in [-0.1, -0.05) is 48.0 Å². The first kappa shape index (κ1) is 21.7. The van der Waals surface area contributed by atoms with Crippen molar-refractivity contribution in [3.05, 3.63) is 112 Å². The molecule has 0 N–H and O–H groups in total. The van der Waals surface area contributed by atoms with Crippen molar-refractivity contribution in [3.63, 3.8) is 0 Å². The van der Waals surface area contributed by atoms with E-state index in [4.69, 9.17) is 31.5 Å². The lowest BCUT2D eigenvalue weighted by molar-refractivity contribution is 0.402. The fourth-order valence-corrected chi connectivity index (χ4v) is 5.16. The van der Waals surface area contributed by atoms with Gasteiger partial charge in [0.2, 0.25) is 11.8 Å². The zero-order chi connectivity index (χ0) is 25.1. The molecule has 0 aliphatic carbocycles. The summed E-state index contributed by atoms with van der Waals surface area (Å²) in [6.45, 7) is 4.03. The Labute approximate surface area is 217 Å². The SMILES string of the molecule is Cc1ccccc1-c1nc2c3c(ncn2n1)Oc1c(c(C)nn1-c1cccc(Cl)c1)[C@@H]3c1cccnc1. The number of hydrogen-bond donors (Lipinski definition) is 0. The molecule has 0 bridgehead atoms. The lowest BCUT2D eigenvalue weighted by atomic mass is 9.85. The van der Waals surface area contributed by atoms with E-state index in [-0.39, 0.29) is 5.92 Å². The highest BCUT2D eigenvalue weighted by molar-refractivity contribution is 6.30. The first-order chi connectivity index (χ1) is 18.1. The Hall–Kier alpha value is -4.56. The highest BCUT2D eigenvalue weighted by Gasteiger charge is 2.38. The Morgan fingerprint density at radius 2 is 1.84 bits per heavy atom. The third-order valence-electron chi connectivity index (χ3n) is 6.68. The number of halogens is 1. The van der Waals surface area contributed by atoms with E-state index < -0.39 is 0 Å². The minimum atomic E-state index is -0.259. The number of aryl methyl sites for hydroxylation is 2. The number of ether oxygens (including phenoxy) is 1. The molecular formula is C28H20ClN7O. The molecule has 0 radical (unpaired) electrons. The molecule has 0 saturated heterocycles. The molecule has 2 aromatic carbocycles. The standard InChI is InChI=1S/C28H20ClN7O/c1-16-7-3-4-11-21(16)25-32-26-24-23(18-8-6-12-30-14-18)22-17(2)33-36(20-10-5-9-19(29)13-20)28(22)37-27(24)31-15-35(26)34-25/h3-15,23H,1-2H3/t23-/m0/s1. The molecular weight excluding hydrogens is 486 g/mol. The third-order valence-corrected chi connectivity index (χ3v) is 6.91. The topological polar surface area (TPSA) is 83.0 Å². The molecule has 5 heterocycles. The van der Waals surface area contributed by atoms with Crippen molar-refractivity contribution >= 4 is 17.2 Å². The molecule has 1 aliphatic rings. The number of aromatic nitrogens is 7. The Kier molecular flexibility index (Phi) is 4.84. The molecule has 4 aromatic heterocycles. The van der Waals surface area contributed by atoms with Gasteiger partial charge in [0.25, 0.3) is 0 Å². The van der Waals surface area contributed by atoms with Gasteiger partial charge in [-0.25, -0.2) is 19.2 Å². The molecule has 7 rings (SSSR count). The molecule has 37 heavy (non-hydrogen) atoms. The van der Waals surface area contributed by atoms with Crippen LogP contribution in [0.4, 0.5) is 0 Å². The summed E-state index contributed by atoms with van der Waals surface area (Å²) in [5.74, 6) is 1.43. The van der Waals surface area contributed by atoms with Crippen LogP contribution in [0.25, 0.3) is 22.7 Å². The maximum Gasteiger partial charge on any atom is 0.230 e. The summed E-state index contributed by atoms with van der Waals surface area (Å²) in [5, 5.41) is 10.2. The number of nitrogens with zero attached hydrogens (tertiary/aromatic N) is 7. The summed E-state index contributed by atoms with van der Waals surface area (Å²) in [5.41, 5.74) is 7.11. The van der Waals surface area contributed by atoms with Gasteiger partial charge in [0, 0.05) is 23.0 Å². The molecule has 0 amide bonds. The van der Waals surface area contributed by atoms with Gasteiger partial charge in [-0.15, -0.1) is 5.10 Å². The summed E-state index contributed by atoms with van der Waals surface area (Å²) in [6, 6.07) is 19.6. The molecule has 0 saturated carbocycles. The smallest absolute Gasteiger partial charge is 0.230 e. The van der Waals surface area contributed by atoms with Crippen LogP contribution in [0.15, 0.2) is 79.4 Å². The maximum atomic E-state index is 6.47. The van der Waals surface area contributed by atoms with Crippen molar-refractivity contribution in [2.24, 2.45) is 0 Å². The maximum absolute atomic E-state index is 6.47. The molecule has 9 heteroatoms. The fourth-order valence-electron chi connectivity index (χ4n) is 4.98. The first-order valence-corrected chi connectivity index (χ1v) is 12.2. The molecule has 1 atom stereocenters. The zero-order valence-electron chi connectivity index (χ0n) is 20.0. The average Bonchev–Trinajstić information content (AvgIpc) is 3.49. The molecule has 180 valence electrons. The van der Waals surface area contributed by atoms with Crippen LogP contribution < -0.4 is 4.74 Å². The summed E-state index contributed by atoms with van der Waals surface area (Å²) in [7, 11) is 0. The predicted octanol–water partition coefficient (Wildman–Crippen LogP) is 5.93. The molecule has 6 aromatic rings. The van der Waals surface area contributed by atoms with Crippen LogP contribution >= 0.6 is 11.6 Å². The molecule has 8 nitrogen and oxygen atoms in total. The normalized spacial score (nSPS) is 14.3. The van der Waals surface area contributed by atoms with Gasteiger partial charge in [-0.2, -0.15) is 5.10 Å². The van der Waals surface area contributed by atoms with Crippen LogP contribution in [-0.2, 0) is 0 Å². The van der Waals surface area contributed by atoms with Crippen molar-refractivity contribution < 1.29 is 4.74 Å². The molecule has 0 unspecified atom stereocenters. The van der Waals surface area contributed by atoms with Gasteiger partial charge in [0.15, 0.2) is 11.5 Å². The number of fused-ring (bicyclic) bond motifs is 4. The average molecular weight is 506 g/mol. The van der Waals surface area contributed by atoms with Crippen molar-refractivity contribution in [1.29, 1.82) is 0 Å². The van der Waals surface area contributed by atoms with Crippen LogP contribution in [0, 0.1) is 13.8 Å². The minimum Gasteiger partial charge on any atom is -0.420 e. The Morgan fingerprint density at radius 3 is 2.65 bits per heavy atom. The van der Waals surface area contributed by atoms with E-state index in [0.717, 1.165) is 39.2 Å². The Bertz CT molecular complexity index is 1810. The number of pyridine rings is 1. The van der Waals surface area contributed by atoms with Crippen molar-refractivity contribution in [1.82, 2.24) is 34.3 Å². The summed E-state index contributed by atoms with van der Waals surface area (Å²) in [4.78, 5) is 14.1. The van der Waals surface area contributed by atoms with E-state index in [1.165, 1.54) is 0 Å². The Balaban J connectivity index is 1.49. The van der Waals surface area contributed by atoms with Gasteiger partial charge in [-0.05, 0) is 49.2 Å². The summed E-state index contributed by atoms with van der Waals surface area (Å²) in [6.07, 6.45) is 5.27. The van der Waals surface area contributed by atoms with E-state index in [0.29, 0.717) is 28.3 Å². The second-order valence-electron chi connectivity index (χ2n) is 9.00. The van der Waals surface area contributed by atoms with Crippen LogP contribution in [0.3, 0.4) is 0 Å². The monoisotopic (exact) mass is 505 g/mol. The lowest BCUT2D eigenvalue weighted by Crippen LogP contribution is -2.16. The van der Waals surface area contributed by atoms with E-state index in [1.54, 1.807) is 21.7 Å². The van der Waals surface area contributed by atoms with Gasteiger partial charge in [-0.3, -0.25) is 4.98 Å². The van der Waals surface area contributed by atoms with E-state index >= 15 is 0 Å². The summed E-state index contributed by atoms with van der Waals surface area (Å²) < 4.78 is 9.96. The second kappa shape index (κ2) is 8.25. The minimum absolute atomic E-state index is 0.259. The van der Waals surface area contributed by atoms with Crippen LogP contribution in [0.5, 0.6) is 11.8 Å². The molecule has 1 aliphatic heterocycles. The van der Waals surface area contributed by atoms with Gasteiger partial charge in [0.05, 0.1) is 28.4 Å². The van der Waals surface area contributed by atoms with Crippen molar-refractivity contribution in [2.75, 3.05) is 0 Å². The lowest BCUT2D eigenvalue weighted by Gasteiger charge is -2.26. The molecule has 0 fully saturated rings. The zero-order valence-corrected chi connectivity index (χ0v) is 20.8. The van der Waals surface area contributed by atoms with E-state index in [9.17, 15) is 0 Å². The van der Waals surface area contributed by atoms with E-state index in [2.05, 4.69) is 29.0 Å². The van der Waals surface area contributed by atoms with Crippen molar-refractivity contribution in [2.45, 2.75) is 19.8 Å². The van der Waals surface area contributed by atoms with Gasteiger partial charge in [0.1, 0.15) is 6.33 Å². The third kappa shape index (κ3) is 3.41. The van der Waals surface area contributed by atoms with Crippen LogP contribution in [0.2, 0.25) is 5.02 Å². The molecule has 0 spiro atoms. The number of benzene rings is 2. The predicted molar refractivity (Wildman–Crippen MR) is 140 cm³/mol. The van der Waals surface area contributed by atoms with Gasteiger partial charge >= 0.3 is 0 Å². The van der Waals surface area contributed by atoms with Crippen LogP contribution in [0.1, 0.15) is 33.9 Å². The Morgan fingerprint density at radius 1 is 0.946 bits per heavy atom. The van der Waals surface area contributed by atoms with Crippen LogP contribution in [-0.4, -0.2) is 34.3 Å². The first-order valence-electron chi connectivity index (χ1n) is 11.8. The number of rotatable bonds is 3. The van der Waals surface area contributed by atoms with Gasteiger partial charge < -0.3 is 4.74 Å². The number of hydrogen-bond acceptors (Lipinski definition) is 6. The second-order valence-corrected chi connectivity index (χ2v) is 9.44. The highest BCUT2D eigenvalue weighted by atomic mass is 35.5. The fraction of sp³-hybridized carbons (Fsp3) is 0.107. The van der Waals surface area contributed by atoms with Crippen molar-refractivity contribution in [3.8, 4) is 28.8 Å². The quantitative estimate of drug-likeness (QED) is 0.296.